The van der Waals surface area contributed by atoms with E-state index in [4.69, 9.17) is 9.47 Å². The van der Waals surface area contributed by atoms with Gasteiger partial charge in [0.05, 0.1) is 30.0 Å². The number of H-pyrrole nitrogens is 1. The summed E-state index contributed by atoms with van der Waals surface area (Å²) in [6.45, 7) is 2.09. The van der Waals surface area contributed by atoms with Crippen molar-refractivity contribution >= 4 is 49.9 Å². The maximum atomic E-state index is 11.4. The Morgan fingerprint density at radius 3 is 2.31 bits per heavy atom. The molecule has 0 saturated heterocycles. The molecule has 10 heteroatoms. The third kappa shape index (κ3) is 7.79. The lowest BCUT2D eigenvalue weighted by Gasteiger charge is -2.14. The number of hydrogen-bond donors (Lipinski definition) is 4. The topological polar surface area (TPSA) is 113 Å². The largest absolute Gasteiger partial charge is 0.493 e. The van der Waals surface area contributed by atoms with E-state index in [-0.39, 0.29) is 12.4 Å². The van der Waals surface area contributed by atoms with Gasteiger partial charge in [-0.05, 0) is 60.7 Å². The smallest absolute Gasteiger partial charge is 0.229 e. The molecule has 0 aliphatic heterocycles. The number of sulfonamides is 1. The van der Waals surface area contributed by atoms with Crippen LogP contribution in [0, 0.1) is 5.92 Å². The number of hydrogen-bond acceptors (Lipinski definition) is 6. The Balaban J connectivity index is 0.00000353. The minimum Gasteiger partial charge on any atom is -0.493 e. The molecule has 3 aromatic carbocycles. The number of ether oxygens (including phenoxy) is 2. The van der Waals surface area contributed by atoms with Crippen LogP contribution in [0.4, 0.5) is 5.69 Å². The van der Waals surface area contributed by atoms with Crippen LogP contribution in [-0.4, -0.2) is 51.1 Å². The first-order valence-corrected chi connectivity index (χ1v) is 15.0. The van der Waals surface area contributed by atoms with Gasteiger partial charge in [-0.3, -0.25) is 4.72 Å². The van der Waals surface area contributed by atoms with Crippen LogP contribution >= 0.6 is 12.4 Å². The van der Waals surface area contributed by atoms with Gasteiger partial charge in [0.15, 0.2) is 0 Å². The highest BCUT2D eigenvalue weighted by Crippen LogP contribution is 2.31. The fourth-order valence-electron chi connectivity index (χ4n) is 5.06. The van der Waals surface area contributed by atoms with Crippen molar-refractivity contribution in [2.45, 2.75) is 31.8 Å². The number of benzene rings is 3. The van der Waals surface area contributed by atoms with Crippen molar-refractivity contribution in [3.05, 3.63) is 66.2 Å². The van der Waals surface area contributed by atoms with E-state index in [9.17, 15) is 13.5 Å². The molecule has 4 aromatic rings. The summed E-state index contributed by atoms with van der Waals surface area (Å²) < 4.78 is 37.3. The zero-order valence-electron chi connectivity index (χ0n) is 22.0. The number of nitrogens with one attached hydrogen (secondary N) is 3. The maximum Gasteiger partial charge on any atom is 0.229 e. The zero-order valence-corrected chi connectivity index (χ0v) is 23.6. The lowest BCUT2D eigenvalue weighted by molar-refractivity contribution is 0.172. The minimum absolute atomic E-state index is 0. The van der Waals surface area contributed by atoms with E-state index >= 15 is 0 Å². The standard InChI is InChI=1S/C29H35N3O5S.ClH/c1-38(34,35)32-22-8-4-7-21(15-22)29(33)18-30-13-14-36-23-9-11-25-26-12-10-24(17-28(26)31-27(25)16-23)37-19-20-5-2-3-6-20;/h4,7-12,15-17,20,29-33H,2-3,5-6,13-14,18-19H2,1H3;1H/t29-;/m0./s1. The molecule has 1 aliphatic carbocycles. The monoisotopic (exact) mass is 573 g/mol. The Morgan fingerprint density at radius 2 is 1.64 bits per heavy atom. The molecule has 1 fully saturated rings. The maximum absolute atomic E-state index is 11.4. The van der Waals surface area contributed by atoms with Gasteiger partial charge in [-0.1, -0.05) is 25.0 Å². The number of aromatic nitrogens is 1. The molecule has 0 amide bonds. The van der Waals surface area contributed by atoms with Crippen molar-refractivity contribution in [2.24, 2.45) is 5.92 Å². The zero-order chi connectivity index (χ0) is 26.5. The molecule has 1 aliphatic rings. The molecule has 1 atom stereocenters. The number of fused-ring (bicyclic) bond motifs is 3. The first-order chi connectivity index (χ1) is 18.3. The van der Waals surface area contributed by atoms with Crippen LogP contribution in [0.25, 0.3) is 21.8 Å². The third-order valence-corrected chi connectivity index (χ3v) is 7.57. The quantitative estimate of drug-likeness (QED) is 0.169. The highest BCUT2D eigenvalue weighted by atomic mass is 35.5. The van der Waals surface area contributed by atoms with E-state index in [1.165, 1.54) is 25.7 Å². The van der Waals surface area contributed by atoms with Gasteiger partial charge in [-0.2, -0.15) is 0 Å². The Bertz CT molecular complexity index is 1500. The summed E-state index contributed by atoms with van der Waals surface area (Å²) in [5, 5.41) is 15.9. The minimum atomic E-state index is -3.37. The molecule has 0 radical (unpaired) electrons. The van der Waals surface area contributed by atoms with E-state index in [0.29, 0.717) is 36.9 Å². The van der Waals surface area contributed by atoms with Crippen LogP contribution in [0.5, 0.6) is 11.5 Å². The van der Waals surface area contributed by atoms with Crippen molar-refractivity contribution in [3.63, 3.8) is 0 Å². The Morgan fingerprint density at radius 1 is 0.974 bits per heavy atom. The summed E-state index contributed by atoms with van der Waals surface area (Å²) in [4.78, 5) is 3.49. The fourth-order valence-corrected chi connectivity index (χ4v) is 5.62. The molecule has 5 rings (SSSR count). The van der Waals surface area contributed by atoms with Gasteiger partial charge < -0.3 is 24.9 Å². The highest BCUT2D eigenvalue weighted by Gasteiger charge is 2.16. The average Bonchev–Trinajstić information content (AvgIpc) is 3.53. The van der Waals surface area contributed by atoms with Crippen LogP contribution in [-0.2, 0) is 10.0 Å². The van der Waals surface area contributed by atoms with Crippen LogP contribution in [0.3, 0.4) is 0 Å². The van der Waals surface area contributed by atoms with Crippen molar-refractivity contribution in [1.29, 1.82) is 0 Å². The number of halogens is 1. The number of aromatic amines is 1. The van der Waals surface area contributed by atoms with Gasteiger partial charge in [0.2, 0.25) is 10.0 Å². The number of rotatable bonds is 12. The van der Waals surface area contributed by atoms with Crippen LogP contribution < -0.4 is 19.5 Å². The molecule has 0 unspecified atom stereocenters. The number of anilines is 1. The molecular formula is C29H36ClN3O5S. The summed E-state index contributed by atoms with van der Waals surface area (Å²) in [5.74, 6) is 2.35. The molecule has 39 heavy (non-hydrogen) atoms. The molecule has 210 valence electrons. The van der Waals surface area contributed by atoms with Gasteiger partial charge in [0.25, 0.3) is 0 Å². The van der Waals surface area contributed by atoms with Gasteiger partial charge in [0.1, 0.15) is 18.1 Å². The third-order valence-electron chi connectivity index (χ3n) is 6.96. The molecule has 1 saturated carbocycles. The molecule has 8 nitrogen and oxygen atoms in total. The van der Waals surface area contributed by atoms with E-state index in [1.807, 2.05) is 18.2 Å². The average molecular weight is 574 g/mol. The molecule has 0 bridgehead atoms. The molecule has 1 aromatic heterocycles. The van der Waals surface area contributed by atoms with Crippen molar-refractivity contribution in [2.75, 3.05) is 37.3 Å². The molecule has 0 spiro atoms. The Kier molecular flexibility index (Phi) is 9.61. The lowest BCUT2D eigenvalue weighted by atomic mass is 10.1. The molecule has 1 heterocycles. The first-order valence-electron chi connectivity index (χ1n) is 13.1. The summed E-state index contributed by atoms with van der Waals surface area (Å²) in [6.07, 6.45) is 5.50. The summed E-state index contributed by atoms with van der Waals surface area (Å²) in [5.41, 5.74) is 3.11. The summed E-state index contributed by atoms with van der Waals surface area (Å²) >= 11 is 0. The predicted octanol–water partition coefficient (Wildman–Crippen LogP) is 5.39. The highest BCUT2D eigenvalue weighted by molar-refractivity contribution is 7.92. The van der Waals surface area contributed by atoms with Crippen molar-refractivity contribution in [3.8, 4) is 11.5 Å². The van der Waals surface area contributed by atoms with Gasteiger partial charge in [-0.15, -0.1) is 12.4 Å². The Labute approximate surface area is 235 Å². The SMILES string of the molecule is CS(=O)(=O)Nc1cccc([C@@H](O)CNCCOc2ccc3c(c2)[nH]c2cc(OCC4CCCC4)ccc23)c1.Cl. The van der Waals surface area contributed by atoms with E-state index in [2.05, 4.69) is 33.2 Å². The number of aliphatic hydroxyl groups excluding tert-OH is 1. The van der Waals surface area contributed by atoms with E-state index < -0.39 is 16.1 Å². The van der Waals surface area contributed by atoms with Gasteiger partial charge >= 0.3 is 0 Å². The molecular weight excluding hydrogens is 538 g/mol. The predicted molar refractivity (Wildman–Crippen MR) is 159 cm³/mol. The fraction of sp³-hybridized carbons (Fsp3) is 0.379. The second-order valence-corrected chi connectivity index (χ2v) is 11.8. The van der Waals surface area contributed by atoms with Crippen LogP contribution in [0.2, 0.25) is 0 Å². The number of aliphatic hydroxyl groups is 1. The second-order valence-electron chi connectivity index (χ2n) is 10.1. The van der Waals surface area contributed by atoms with E-state index in [0.717, 1.165) is 46.2 Å². The van der Waals surface area contributed by atoms with Crippen LogP contribution in [0.1, 0.15) is 37.4 Å². The van der Waals surface area contributed by atoms with Crippen molar-refractivity contribution in [1.82, 2.24) is 10.3 Å². The van der Waals surface area contributed by atoms with E-state index in [1.54, 1.807) is 24.3 Å². The first kappa shape index (κ1) is 29.0. The van der Waals surface area contributed by atoms with Crippen LogP contribution in [0.15, 0.2) is 60.7 Å². The molecule has 4 N–H and O–H groups in total. The van der Waals surface area contributed by atoms with Gasteiger partial charge in [-0.25, -0.2) is 8.42 Å². The summed E-state index contributed by atoms with van der Waals surface area (Å²) in [6, 6.07) is 19.0. The Hall–Kier alpha value is -2.98. The normalized spacial score (nSPS) is 14.8. The van der Waals surface area contributed by atoms with Crippen molar-refractivity contribution < 1.29 is 23.0 Å². The lowest BCUT2D eigenvalue weighted by Crippen LogP contribution is -2.26. The second kappa shape index (κ2) is 12.9. The van der Waals surface area contributed by atoms with Gasteiger partial charge in [0, 0.05) is 41.7 Å². The summed E-state index contributed by atoms with van der Waals surface area (Å²) in [7, 11) is -3.37.